The predicted molar refractivity (Wildman–Crippen MR) is 94.2 cm³/mol. The molecule has 11 heteroatoms. The van der Waals surface area contributed by atoms with Crippen molar-refractivity contribution in [2.24, 2.45) is 7.05 Å². The Balaban J connectivity index is 0.00000225. The number of hydrogen-bond acceptors (Lipinski definition) is 7. The van der Waals surface area contributed by atoms with Crippen LogP contribution in [0.3, 0.4) is 0 Å². The number of benzene rings is 1. The molecule has 1 amide bonds. The lowest BCUT2D eigenvalue weighted by Crippen LogP contribution is -2.36. The van der Waals surface area contributed by atoms with Crippen LogP contribution in [0.2, 0.25) is 0 Å². The summed E-state index contributed by atoms with van der Waals surface area (Å²) >= 11 is 1.14. The number of nitro groups is 1. The highest BCUT2D eigenvalue weighted by molar-refractivity contribution is 7.99. The average molecular weight is 385 g/mol. The Bertz CT molecular complexity index is 778. The van der Waals surface area contributed by atoms with Crippen molar-refractivity contribution in [3.63, 3.8) is 0 Å². The molecule has 25 heavy (non-hydrogen) atoms. The molecule has 1 atom stereocenters. The van der Waals surface area contributed by atoms with Gasteiger partial charge in [0.05, 0.1) is 9.82 Å². The van der Waals surface area contributed by atoms with Gasteiger partial charge >= 0.3 is 0 Å². The molecule has 0 saturated carbocycles. The van der Waals surface area contributed by atoms with Crippen molar-refractivity contribution < 1.29 is 9.72 Å². The van der Waals surface area contributed by atoms with Crippen molar-refractivity contribution in [1.82, 2.24) is 25.4 Å². The Hall–Kier alpha value is -2.17. The van der Waals surface area contributed by atoms with E-state index < -0.39 is 4.92 Å². The number of nitro benzene ring substituents is 1. The van der Waals surface area contributed by atoms with E-state index in [2.05, 4.69) is 20.8 Å². The van der Waals surface area contributed by atoms with Crippen LogP contribution in [0, 0.1) is 10.1 Å². The Morgan fingerprint density at radius 3 is 2.92 bits per heavy atom. The summed E-state index contributed by atoms with van der Waals surface area (Å²) in [5, 5.41) is 25.6. The Morgan fingerprint density at radius 1 is 1.52 bits per heavy atom. The second-order valence-corrected chi connectivity index (χ2v) is 6.44. The van der Waals surface area contributed by atoms with Gasteiger partial charge in [-0.3, -0.25) is 14.9 Å². The van der Waals surface area contributed by atoms with Crippen molar-refractivity contribution in [3.05, 3.63) is 40.2 Å². The van der Waals surface area contributed by atoms with Gasteiger partial charge in [-0.15, -0.1) is 22.6 Å². The van der Waals surface area contributed by atoms with Crippen LogP contribution in [0.4, 0.5) is 5.69 Å². The van der Waals surface area contributed by atoms with Crippen molar-refractivity contribution in [2.45, 2.75) is 22.5 Å². The minimum Gasteiger partial charge on any atom is -0.348 e. The third-order valence-corrected chi connectivity index (χ3v) is 4.80. The Morgan fingerprint density at radius 2 is 2.32 bits per heavy atom. The number of rotatable bonds is 5. The van der Waals surface area contributed by atoms with E-state index in [0.717, 1.165) is 24.7 Å². The number of aromatic nitrogens is 3. The Kier molecular flexibility index (Phi) is 6.34. The quantitative estimate of drug-likeness (QED) is 0.591. The van der Waals surface area contributed by atoms with Crippen LogP contribution in [0.15, 0.2) is 34.6 Å². The molecule has 1 aliphatic rings. The second kappa shape index (κ2) is 8.28. The van der Waals surface area contributed by atoms with Crippen molar-refractivity contribution in [2.75, 3.05) is 13.1 Å². The summed E-state index contributed by atoms with van der Waals surface area (Å²) in [6.07, 6.45) is 2.37. The molecular weight excluding hydrogens is 368 g/mol. The third kappa shape index (κ3) is 4.47. The first-order valence-corrected chi connectivity index (χ1v) is 8.18. The van der Waals surface area contributed by atoms with E-state index in [1.165, 1.54) is 12.4 Å². The number of aryl methyl sites for hydroxylation is 1. The molecule has 0 spiro atoms. The summed E-state index contributed by atoms with van der Waals surface area (Å²) in [7, 11) is 1.76. The smallest absolute Gasteiger partial charge is 0.284 e. The third-order valence-electron chi connectivity index (χ3n) is 3.68. The highest BCUT2D eigenvalue weighted by atomic mass is 35.5. The van der Waals surface area contributed by atoms with Gasteiger partial charge in [0.15, 0.2) is 5.16 Å². The molecule has 1 aromatic carbocycles. The van der Waals surface area contributed by atoms with Gasteiger partial charge in [-0.25, -0.2) is 0 Å². The zero-order valence-electron chi connectivity index (χ0n) is 13.3. The molecule has 0 radical (unpaired) electrons. The van der Waals surface area contributed by atoms with Gasteiger partial charge in [-0.2, -0.15) is 0 Å². The first-order valence-electron chi connectivity index (χ1n) is 7.36. The zero-order valence-corrected chi connectivity index (χ0v) is 15.0. The molecule has 0 aliphatic carbocycles. The van der Waals surface area contributed by atoms with Crippen molar-refractivity contribution >= 4 is 35.8 Å². The van der Waals surface area contributed by atoms with E-state index in [0.29, 0.717) is 16.6 Å². The van der Waals surface area contributed by atoms with Crippen LogP contribution >= 0.6 is 24.2 Å². The first kappa shape index (κ1) is 19.2. The van der Waals surface area contributed by atoms with Gasteiger partial charge in [0, 0.05) is 31.3 Å². The van der Waals surface area contributed by atoms with Crippen LogP contribution in [-0.4, -0.2) is 44.7 Å². The van der Waals surface area contributed by atoms with Gasteiger partial charge in [-0.1, -0.05) is 0 Å². The molecule has 9 nitrogen and oxygen atoms in total. The van der Waals surface area contributed by atoms with Gasteiger partial charge in [-0.05, 0) is 36.9 Å². The average Bonchev–Trinajstić information content (AvgIpc) is 3.20. The number of carbonyl (C=O) groups is 1. The number of nitrogens with one attached hydrogen (secondary N) is 2. The topological polar surface area (TPSA) is 115 Å². The van der Waals surface area contributed by atoms with Gasteiger partial charge < -0.3 is 15.2 Å². The maximum Gasteiger partial charge on any atom is 0.284 e. The summed E-state index contributed by atoms with van der Waals surface area (Å²) in [5.74, 6) is -0.304. The minimum atomic E-state index is -0.493. The van der Waals surface area contributed by atoms with Crippen molar-refractivity contribution in [1.29, 1.82) is 0 Å². The fourth-order valence-corrected chi connectivity index (χ4v) is 3.25. The van der Waals surface area contributed by atoms with Crippen LogP contribution < -0.4 is 10.6 Å². The maximum atomic E-state index is 12.3. The number of nitrogens with zero attached hydrogens (tertiary/aromatic N) is 4. The Labute approximate surface area is 154 Å². The second-order valence-electron chi connectivity index (χ2n) is 5.43. The maximum absolute atomic E-state index is 12.3. The molecule has 2 heterocycles. The van der Waals surface area contributed by atoms with E-state index in [1.54, 1.807) is 23.7 Å². The summed E-state index contributed by atoms with van der Waals surface area (Å²) in [6, 6.07) is 4.52. The largest absolute Gasteiger partial charge is 0.348 e. The normalized spacial score (nSPS) is 16.3. The summed E-state index contributed by atoms with van der Waals surface area (Å²) in [5.41, 5.74) is 0.149. The molecule has 1 aromatic heterocycles. The lowest BCUT2D eigenvalue weighted by atomic mass is 10.1. The molecular formula is C14H17ClN6O3S. The minimum absolute atomic E-state index is 0. The van der Waals surface area contributed by atoms with Crippen LogP contribution in [0.5, 0.6) is 0 Å². The molecule has 1 fully saturated rings. The van der Waals surface area contributed by atoms with Crippen LogP contribution in [0.1, 0.15) is 16.8 Å². The van der Waals surface area contributed by atoms with Crippen LogP contribution in [-0.2, 0) is 7.05 Å². The van der Waals surface area contributed by atoms with E-state index >= 15 is 0 Å². The molecule has 2 aromatic rings. The van der Waals surface area contributed by atoms with E-state index in [4.69, 9.17) is 0 Å². The van der Waals surface area contributed by atoms with E-state index in [1.807, 2.05) is 0 Å². The standard InChI is InChI=1S/C14H16N6O3S.ClH/c1-19-8-16-18-14(19)24-12-3-2-9(6-11(12)20(22)23)13(21)17-10-4-5-15-7-10;/h2-3,6,8,10,15H,4-5,7H2,1H3,(H,17,21);1H. The SMILES string of the molecule is Cl.Cn1cnnc1Sc1ccc(C(=O)NC2CCNC2)cc1[N+](=O)[O-]. The lowest BCUT2D eigenvalue weighted by molar-refractivity contribution is -0.387. The fraction of sp³-hybridized carbons (Fsp3) is 0.357. The lowest BCUT2D eigenvalue weighted by Gasteiger charge is -2.11. The van der Waals surface area contributed by atoms with E-state index in [-0.39, 0.29) is 35.6 Å². The van der Waals surface area contributed by atoms with Gasteiger partial charge in [0.2, 0.25) is 0 Å². The van der Waals surface area contributed by atoms with Crippen LogP contribution in [0.25, 0.3) is 0 Å². The molecule has 1 aliphatic heterocycles. The molecule has 2 N–H and O–H groups in total. The predicted octanol–water partition coefficient (Wildman–Crippen LogP) is 1.39. The van der Waals surface area contributed by atoms with E-state index in [9.17, 15) is 14.9 Å². The fourth-order valence-electron chi connectivity index (χ4n) is 2.40. The first-order chi connectivity index (χ1) is 11.5. The number of hydrogen-bond donors (Lipinski definition) is 2. The molecule has 1 unspecified atom stereocenters. The highest BCUT2D eigenvalue weighted by Crippen LogP contribution is 2.34. The molecule has 0 bridgehead atoms. The number of carbonyl (C=O) groups excluding carboxylic acids is 1. The molecule has 1 saturated heterocycles. The summed E-state index contributed by atoms with van der Waals surface area (Å²) in [4.78, 5) is 23.5. The van der Waals surface area contributed by atoms with Crippen molar-refractivity contribution in [3.8, 4) is 0 Å². The zero-order chi connectivity index (χ0) is 17.1. The van der Waals surface area contributed by atoms with Gasteiger partial charge in [0.25, 0.3) is 11.6 Å². The van der Waals surface area contributed by atoms with Gasteiger partial charge in [0.1, 0.15) is 6.33 Å². The highest BCUT2D eigenvalue weighted by Gasteiger charge is 2.22. The number of halogens is 1. The monoisotopic (exact) mass is 384 g/mol. The number of amides is 1. The molecule has 134 valence electrons. The summed E-state index contributed by atoms with van der Waals surface area (Å²) < 4.78 is 1.67. The summed E-state index contributed by atoms with van der Waals surface area (Å²) in [6.45, 7) is 1.58. The molecule has 3 rings (SSSR count).